The van der Waals surface area contributed by atoms with Crippen LogP contribution in [-0.2, 0) is 16.0 Å². The second-order valence-corrected chi connectivity index (χ2v) is 10.5. The first kappa shape index (κ1) is 24.5. The molecule has 0 bridgehead atoms. The third-order valence-corrected chi connectivity index (χ3v) is 8.14. The Morgan fingerprint density at radius 1 is 1.02 bits per heavy atom. The topological polar surface area (TPSA) is 94.7 Å². The number of hydrogen-bond donors (Lipinski definition) is 2. The first-order valence-electron chi connectivity index (χ1n) is 13.5. The van der Waals surface area contributed by atoms with Crippen molar-refractivity contribution in [1.82, 2.24) is 15.2 Å². The summed E-state index contributed by atoms with van der Waals surface area (Å²) in [5.74, 6) is -1.16. The molecule has 2 fully saturated rings. The van der Waals surface area contributed by atoms with Crippen molar-refractivity contribution < 1.29 is 23.5 Å². The van der Waals surface area contributed by atoms with Crippen LogP contribution in [-0.4, -0.2) is 53.0 Å². The number of H-pyrrole nitrogens is 1. The lowest BCUT2D eigenvalue weighted by Gasteiger charge is -2.36. The van der Waals surface area contributed by atoms with Crippen molar-refractivity contribution in [3.8, 4) is 0 Å². The van der Waals surface area contributed by atoms with Crippen molar-refractivity contribution in [3.63, 3.8) is 0 Å². The highest BCUT2D eigenvalue weighted by Crippen LogP contribution is 2.45. The number of aromatic amines is 1. The number of para-hydroxylation sites is 2. The van der Waals surface area contributed by atoms with E-state index in [1.807, 2.05) is 24.3 Å². The van der Waals surface area contributed by atoms with Crippen LogP contribution in [0, 0.1) is 5.82 Å². The van der Waals surface area contributed by atoms with Gasteiger partial charge in [0.2, 0.25) is 0 Å². The first-order valence-corrected chi connectivity index (χ1v) is 13.5. The fourth-order valence-corrected chi connectivity index (χ4v) is 6.26. The number of halogens is 1. The third-order valence-electron chi connectivity index (χ3n) is 8.14. The van der Waals surface area contributed by atoms with Gasteiger partial charge in [-0.15, -0.1) is 0 Å². The predicted molar refractivity (Wildman–Crippen MR) is 147 cm³/mol. The Kier molecular flexibility index (Phi) is 5.89. The molecule has 4 aromatic rings. The number of benzene rings is 3. The predicted octanol–water partition coefficient (Wildman–Crippen LogP) is 4.70. The van der Waals surface area contributed by atoms with E-state index in [0.717, 1.165) is 39.9 Å². The summed E-state index contributed by atoms with van der Waals surface area (Å²) < 4.78 is 19.5. The second-order valence-electron chi connectivity index (χ2n) is 10.5. The standard InChI is InChI=1S/C31H27FN4O4/c32-19-13-11-18(12-14-19)28-27-23(21-7-1-3-9-24(21)34-27)16-26-30(38)36(31(39)35(26)28)25-10-4-2-8-22(25)29(37)33-17-20-6-5-15-40-20/h1-4,7-14,20,26,28,34H,5-6,15-17H2,(H,33,37)/t20-,26-,28+/m0/s1. The van der Waals surface area contributed by atoms with Crippen LogP contribution in [0.15, 0.2) is 72.8 Å². The van der Waals surface area contributed by atoms with Gasteiger partial charge in [0.05, 0.1) is 17.4 Å². The van der Waals surface area contributed by atoms with Crippen molar-refractivity contribution in [2.75, 3.05) is 18.1 Å². The number of amides is 4. The molecule has 4 heterocycles. The summed E-state index contributed by atoms with van der Waals surface area (Å²) in [6.07, 6.45) is 2.12. The molecular formula is C31H27FN4O4. The molecule has 3 aromatic carbocycles. The molecule has 4 amide bonds. The zero-order chi connectivity index (χ0) is 27.4. The highest BCUT2D eigenvalue weighted by molar-refractivity contribution is 6.24. The molecule has 3 aliphatic heterocycles. The zero-order valence-corrected chi connectivity index (χ0v) is 21.6. The highest BCUT2D eigenvalue weighted by atomic mass is 19.1. The number of imide groups is 1. The van der Waals surface area contributed by atoms with Gasteiger partial charge in [0, 0.05) is 36.2 Å². The van der Waals surface area contributed by atoms with E-state index in [1.165, 1.54) is 12.1 Å². The summed E-state index contributed by atoms with van der Waals surface area (Å²) in [4.78, 5) is 47.6. The molecule has 0 saturated carbocycles. The van der Waals surface area contributed by atoms with Crippen LogP contribution in [0.25, 0.3) is 10.9 Å². The number of hydrogen-bond acceptors (Lipinski definition) is 4. The molecule has 0 radical (unpaired) electrons. The molecule has 0 unspecified atom stereocenters. The van der Waals surface area contributed by atoms with Gasteiger partial charge in [0.1, 0.15) is 17.9 Å². The number of urea groups is 1. The maximum Gasteiger partial charge on any atom is 0.332 e. The van der Waals surface area contributed by atoms with Crippen molar-refractivity contribution >= 4 is 34.4 Å². The van der Waals surface area contributed by atoms with Crippen molar-refractivity contribution in [2.24, 2.45) is 0 Å². The van der Waals surface area contributed by atoms with E-state index >= 15 is 0 Å². The lowest BCUT2D eigenvalue weighted by molar-refractivity contribution is -0.120. The Bertz CT molecular complexity index is 1640. The number of anilines is 1. The van der Waals surface area contributed by atoms with Gasteiger partial charge in [0.25, 0.3) is 11.8 Å². The lowest BCUT2D eigenvalue weighted by Crippen LogP contribution is -2.44. The minimum Gasteiger partial charge on any atom is -0.376 e. The van der Waals surface area contributed by atoms with Crippen LogP contribution in [0.1, 0.15) is 46.1 Å². The molecule has 1 aromatic heterocycles. The molecule has 2 N–H and O–H groups in total. The minimum absolute atomic E-state index is 0.0413. The summed E-state index contributed by atoms with van der Waals surface area (Å²) in [5.41, 5.74) is 3.83. The van der Waals surface area contributed by atoms with Crippen molar-refractivity contribution in [3.05, 3.63) is 101 Å². The fraction of sp³-hybridized carbons (Fsp3) is 0.258. The molecule has 9 heteroatoms. The molecule has 7 rings (SSSR count). The van der Waals surface area contributed by atoms with E-state index in [4.69, 9.17) is 4.74 Å². The average molecular weight is 539 g/mol. The van der Waals surface area contributed by atoms with Gasteiger partial charge in [-0.25, -0.2) is 14.1 Å². The number of rotatable bonds is 5. The Balaban J connectivity index is 1.29. The van der Waals surface area contributed by atoms with E-state index in [2.05, 4.69) is 10.3 Å². The number of ether oxygens (including phenoxy) is 1. The van der Waals surface area contributed by atoms with Gasteiger partial charge in [-0.1, -0.05) is 42.5 Å². The summed E-state index contributed by atoms with van der Waals surface area (Å²) >= 11 is 0. The van der Waals surface area contributed by atoms with Gasteiger partial charge >= 0.3 is 6.03 Å². The smallest absolute Gasteiger partial charge is 0.332 e. The van der Waals surface area contributed by atoms with Crippen LogP contribution in [0.4, 0.5) is 14.9 Å². The Morgan fingerprint density at radius 3 is 2.60 bits per heavy atom. The quantitative estimate of drug-likeness (QED) is 0.360. The van der Waals surface area contributed by atoms with E-state index in [-0.39, 0.29) is 29.1 Å². The Morgan fingerprint density at radius 2 is 1.80 bits per heavy atom. The summed E-state index contributed by atoms with van der Waals surface area (Å²) in [6.45, 7) is 1.04. The third kappa shape index (κ3) is 3.88. The van der Waals surface area contributed by atoms with Crippen LogP contribution in [0.2, 0.25) is 0 Å². The molecule has 8 nitrogen and oxygen atoms in total. The van der Waals surface area contributed by atoms with E-state index < -0.39 is 24.0 Å². The van der Waals surface area contributed by atoms with Crippen LogP contribution in [0.3, 0.4) is 0 Å². The molecule has 40 heavy (non-hydrogen) atoms. The summed E-state index contributed by atoms with van der Waals surface area (Å²) in [5, 5.41) is 3.88. The van der Waals surface area contributed by atoms with Crippen molar-refractivity contribution in [2.45, 2.75) is 37.5 Å². The molecular weight excluding hydrogens is 511 g/mol. The van der Waals surface area contributed by atoms with Gasteiger partial charge in [-0.05, 0) is 54.3 Å². The lowest BCUT2D eigenvalue weighted by atomic mass is 9.89. The zero-order valence-electron chi connectivity index (χ0n) is 21.6. The van der Waals surface area contributed by atoms with Gasteiger partial charge < -0.3 is 15.0 Å². The minimum atomic E-state index is -0.780. The molecule has 0 aliphatic carbocycles. The maximum atomic E-state index is 14.2. The van der Waals surface area contributed by atoms with Crippen LogP contribution >= 0.6 is 0 Å². The largest absolute Gasteiger partial charge is 0.376 e. The van der Waals surface area contributed by atoms with Gasteiger partial charge in [-0.3, -0.25) is 14.5 Å². The number of carbonyl (C=O) groups excluding carboxylic acids is 3. The molecule has 3 atom stereocenters. The van der Waals surface area contributed by atoms with Crippen LogP contribution in [0.5, 0.6) is 0 Å². The number of carbonyl (C=O) groups is 3. The summed E-state index contributed by atoms with van der Waals surface area (Å²) in [7, 11) is 0. The first-order chi connectivity index (χ1) is 19.5. The maximum absolute atomic E-state index is 14.2. The number of aromatic nitrogens is 1. The Labute approximate surface area is 229 Å². The SMILES string of the molecule is O=C(NC[C@@H]1CCCO1)c1ccccc1N1C(=O)[C@@H]2Cc3c([nH]c4ccccc34)[C@@H](c3ccc(F)cc3)N2C1=O. The van der Waals surface area contributed by atoms with Gasteiger partial charge in [-0.2, -0.15) is 0 Å². The normalized spacial score (nSPS) is 22.1. The molecule has 0 spiro atoms. The van der Waals surface area contributed by atoms with E-state index in [1.54, 1.807) is 41.3 Å². The molecule has 2 saturated heterocycles. The van der Waals surface area contributed by atoms with Crippen LogP contribution < -0.4 is 10.2 Å². The van der Waals surface area contributed by atoms with E-state index in [9.17, 15) is 18.8 Å². The summed E-state index contributed by atoms with van der Waals surface area (Å²) in [6, 6.07) is 18.5. The average Bonchev–Trinajstić information content (AvgIpc) is 3.69. The molecule has 202 valence electrons. The number of fused-ring (bicyclic) bond motifs is 4. The molecule has 3 aliphatic rings. The van der Waals surface area contributed by atoms with Gasteiger partial charge in [0.15, 0.2) is 0 Å². The Hall–Kier alpha value is -4.50. The number of nitrogens with zero attached hydrogens (tertiary/aromatic N) is 2. The highest BCUT2D eigenvalue weighted by Gasteiger charge is 2.53. The number of nitrogens with one attached hydrogen (secondary N) is 2. The van der Waals surface area contributed by atoms with Crippen molar-refractivity contribution in [1.29, 1.82) is 0 Å². The second kappa shape index (κ2) is 9.60. The van der Waals surface area contributed by atoms with E-state index in [0.29, 0.717) is 25.1 Å². The monoisotopic (exact) mass is 538 g/mol. The fourth-order valence-electron chi connectivity index (χ4n) is 6.26.